The standard InChI is InChI=1S/C31H26N8O5/c1-4-43-29(41)26-34-39(20-14-9-6-10-15-20)30-32-25(23-27(38(26)30)35(2)31(42)36(3)28(23)40)21-18-37(19-12-7-5-8-13-19)33-24(21)22-16-11-17-44-22/h5-18,25H,4H2,1-3H3. The average molecular weight is 591 g/mol. The van der Waals surface area contributed by atoms with Crippen molar-refractivity contribution in [3.05, 3.63) is 117 Å². The van der Waals surface area contributed by atoms with Gasteiger partial charge in [-0.2, -0.15) is 10.1 Å². The lowest BCUT2D eigenvalue weighted by molar-refractivity contribution is -0.135. The van der Waals surface area contributed by atoms with Gasteiger partial charge in [-0.15, -0.1) is 5.10 Å². The van der Waals surface area contributed by atoms with E-state index in [1.165, 1.54) is 28.6 Å². The number of aromatic nitrogens is 4. The number of para-hydroxylation sites is 2. The van der Waals surface area contributed by atoms with Gasteiger partial charge in [-0.3, -0.25) is 13.9 Å². The van der Waals surface area contributed by atoms with Gasteiger partial charge in [0.1, 0.15) is 17.6 Å². The number of guanidine groups is 1. The number of esters is 1. The van der Waals surface area contributed by atoms with E-state index in [1.54, 1.807) is 36.2 Å². The number of fused-ring (bicyclic) bond motifs is 3. The third kappa shape index (κ3) is 4.08. The van der Waals surface area contributed by atoms with Gasteiger partial charge in [0.15, 0.2) is 5.76 Å². The number of carbonyl (C=O) groups excluding carboxylic acids is 1. The van der Waals surface area contributed by atoms with E-state index in [0.717, 1.165) is 10.3 Å². The first-order chi connectivity index (χ1) is 21.4. The molecule has 0 amide bonds. The summed E-state index contributed by atoms with van der Waals surface area (Å²) in [7, 11) is 2.94. The van der Waals surface area contributed by atoms with E-state index in [2.05, 4.69) is 5.10 Å². The van der Waals surface area contributed by atoms with Crippen LogP contribution >= 0.6 is 0 Å². The highest BCUT2D eigenvalue weighted by atomic mass is 16.5. The Bertz CT molecular complexity index is 2070. The van der Waals surface area contributed by atoms with Crippen LogP contribution in [0.4, 0.5) is 11.5 Å². The summed E-state index contributed by atoms with van der Waals surface area (Å²) in [6.45, 7) is 1.78. The number of furan rings is 1. The Morgan fingerprint density at radius 2 is 1.64 bits per heavy atom. The van der Waals surface area contributed by atoms with Crippen LogP contribution in [0.3, 0.4) is 0 Å². The highest BCUT2D eigenvalue weighted by Gasteiger charge is 2.46. The minimum Gasteiger partial charge on any atom is -0.463 e. The third-order valence-corrected chi connectivity index (χ3v) is 7.46. The Kier molecular flexibility index (Phi) is 6.34. The number of anilines is 2. The summed E-state index contributed by atoms with van der Waals surface area (Å²) in [5.41, 5.74) is 1.40. The number of hydrogen-bond donors (Lipinski definition) is 0. The third-order valence-electron chi connectivity index (χ3n) is 7.46. The maximum Gasteiger partial charge on any atom is 0.376 e. The van der Waals surface area contributed by atoms with Gasteiger partial charge < -0.3 is 9.15 Å². The minimum absolute atomic E-state index is 0.0969. The van der Waals surface area contributed by atoms with Gasteiger partial charge in [-0.25, -0.2) is 24.2 Å². The molecule has 0 spiro atoms. The first-order valence-electron chi connectivity index (χ1n) is 13.9. The van der Waals surface area contributed by atoms with Gasteiger partial charge in [0.2, 0.25) is 11.8 Å². The van der Waals surface area contributed by atoms with Crippen molar-refractivity contribution in [2.75, 3.05) is 16.5 Å². The number of carbonyl (C=O) groups is 1. The second-order valence-electron chi connectivity index (χ2n) is 10.1. The quantitative estimate of drug-likeness (QED) is 0.276. The van der Waals surface area contributed by atoms with Crippen molar-refractivity contribution in [3.63, 3.8) is 0 Å². The molecule has 0 N–H and O–H groups in total. The second kappa shape index (κ2) is 10.4. The highest BCUT2D eigenvalue weighted by Crippen LogP contribution is 2.42. The molecule has 44 heavy (non-hydrogen) atoms. The Morgan fingerprint density at radius 3 is 2.30 bits per heavy atom. The van der Waals surface area contributed by atoms with Crippen LogP contribution in [0.1, 0.15) is 24.1 Å². The average Bonchev–Trinajstić information content (AvgIpc) is 3.82. The first-order valence-corrected chi connectivity index (χ1v) is 13.9. The summed E-state index contributed by atoms with van der Waals surface area (Å²) in [4.78, 5) is 47.1. The van der Waals surface area contributed by atoms with E-state index in [4.69, 9.17) is 19.2 Å². The lowest BCUT2D eigenvalue weighted by Gasteiger charge is -2.32. The fourth-order valence-electron chi connectivity index (χ4n) is 5.43. The number of hydrogen-bond acceptors (Lipinski definition) is 10. The predicted molar refractivity (Wildman–Crippen MR) is 163 cm³/mol. The molecule has 220 valence electrons. The number of ether oxygens (including phenoxy) is 1. The highest BCUT2D eigenvalue weighted by molar-refractivity contribution is 6.50. The normalized spacial score (nSPS) is 15.5. The van der Waals surface area contributed by atoms with Crippen LogP contribution in [-0.4, -0.2) is 43.3 Å². The molecule has 0 bridgehead atoms. The van der Waals surface area contributed by atoms with Gasteiger partial charge in [-0.05, 0) is 43.3 Å². The Morgan fingerprint density at radius 1 is 0.932 bits per heavy atom. The monoisotopic (exact) mass is 590 g/mol. The van der Waals surface area contributed by atoms with Gasteiger partial charge in [0.25, 0.3) is 5.56 Å². The molecule has 2 aliphatic heterocycles. The molecule has 0 saturated heterocycles. The van der Waals surface area contributed by atoms with Gasteiger partial charge >= 0.3 is 11.7 Å². The molecule has 13 nitrogen and oxygen atoms in total. The molecule has 7 rings (SSSR count). The van der Waals surface area contributed by atoms with E-state index in [1.807, 2.05) is 60.7 Å². The number of amidine groups is 1. The first kappa shape index (κ1) is 26.9. The zero-order valence-electron chi connectivity index (χ0n) is 24.0. The van der Waals surface area contributed by atoms with Crippen molar-refractivity contribution in [1.82, 2.24) is 18.9 Å². The largest absolute Gasteiger partial charge is 0.463 e. The summed E-state index contributed by atoms with van der Waals surface area (Å²) in [5.74, 6) is -0.0441. The van der Waals surface area contributed by atoms with Crippen molar-refractivity contribution >= 4 is 29.3 Å². The lowest BCUT2D eigenvalue weighted by atomic mass is 9.98. The van der Waals surface area contributed by atoms with Crippen LogP contribution in [0.5, 0.6) is 0 Å². The molecule has 0 aliphatic carbocycles. The van der Waals surface area contributed by atoms with E-state index in [-0.39, 0.29) is 29.8 Å². The second-order valence-corrected chi connectivity index (χ2v) is 10.1. The predicted octanol–water partition coefficient (Wildman–Crippen LogP) is 3.19. The van der Waals surface area contributed by atoms with Crippen LogP contribution in [-0.2, 0) is 23.6 Å². The minimum atomic E-state index is -0.970. The summed E-state index contributed by atoms with van der Waals surface area (Å²) >= 11 is 0. The zero-order valence-corrected chi connectivity index (χ0v) is 24.0. The van der Waals surface area contributed by atoms with Crippen LogP contribution < -0.4 is 21.2 Å². The number of benzene rings is 2. The molecular weight excluding hydrogens is 564 g/mol. The van der Waals surface area contributed by atoms with E-state index in [0.29, 0.717) is 22.7 Å². The molecule has 5 heterocycles. The Hall–Kier alpha value is -5.98. The van der Waals surface area contributed by atoms with Crippen molar-refractivity contribution in [3.8, 4) is 17.1 Å². The van der Waals surface area contributed by atoms with Crippen molar-refractivity contribution in [1.29, 1.82) is 0 Å². The number of hydrazone groups is 1. The van der Waals surface area contributed by atoms with Crippen molar-refractivity contribution in [2.24, 2.45) is 24.2 Å². The smallest absolute Gasteiger partial charge is 0.376 e. The molecule has 5 aromatic rings. The molecular formula is C31H26N8O5. The maximum absolute atomic E-state index is 14.0. The molecule has 3 aromatic heterocycles. The molecule has 1 atom stereocenters. The molecule has 1 unspecified atom stereocenters. The fourth-order valence-corrected chi connectivity index (χ4v) is 5.43. The van der Waals surface area contributed by atoms with E-state index >= 15 is 0 Å². The van der Waals surface area contributed by atoms with E-state index in [9.17, 15) is 14.4 Å². The van der Waals surface area contributed by atoms with Crippen molar-refractivity contribution < 1.29 is 13.9 Å². The zero-order chi connectivity index (χ0) is 30.5. The fraction of sp³-hybridized carbons (Fsp3) is 0.161. The summed E-state index contributed by atoms with van der Waals surface area (Å²) in [5, 5.41) is 10.9. The van der Waals surface area contributed by atoms with Crippen molar-refractivity contribution in [2.45, 2.75) is 13.0 Å². The Balaban J connectivity index is 1.54. The topological polar surface area (TPSA) is 132 Å². The maximum atomic E-state index is 14.0. The summed E-state index contributed by atoms with van der Waals surface area (Å²) in [6.07, 6.45) is 3.33. The van der Waals surface area contributed by atoms with Crippen LogP contribution in [0.15, 0.2) is 109 Å². The molecule has 2 aliphatic rings. The number of nitrogens with zero attached hydrogens (tertiary/aromatic N) is 8. The van der Waals surface area contributed by atoms with Crippen LogP contribution in [0.25, 0.3) is 17.1 Å². The van der Waals surface area contributed by atoms with Crippen LogP contribution in [0, 0.1) is 0 Å². The van der Waals surface area contributed by atoms with E-state index < -0.39 is 23.3 Å². The molecule has 0 saturated carbocycles. The number of rotatable bonds is 6. The summed E-state index contributed by atoms with van der Waals surface area (Å²) in [6, 6.07) is 21.2. The van der Waals surface area contributed by atoms with Gasteiger partial charge in [-0.1, -0.05) is 36.4 Å². The molecule has 2 aromatic carbocycles. The lowest BCUT2D eigenvalue weighted by Crippen LogP contribution is -2.51. The van der Waals surface area contributed by atoms with Gasteiger partial charge in [0, 0.05) is 25.9 Å². The number of aliphatic imine (C=N–C) groups is 1. The molecule has 0 radical (unpaired) electrons. The molecule has 0 fully saturated rings. The van der Waals surface area contributed by atoms with Crippen LogP contribution in [0.2, 0.25) is 0 Å². The summed E-state index contributed by atoms with van der Waals surface area (Å²) < 4.78 is 15.1. The molecule has 13 heteroatoms. The Labute approximate surface area is 250 Å². The van der Waals surface area contributed by atoms with Gasteiger partial charge in [0.05, 0.1) is 29.8 Å². The SMILES string of the molecule is CCOC(=O)C1=NN(c2ccccc2)C2=NC(c3cn(-c4ccccc4)nc3-c3ccco3)c3c(n(C)c(=O)n(C)c3=O)N12.